The molecular formula is C8H16ClNS. The molecule has 0 saturated carbocycles. The van der Waals surface area contributed by atoms with Gasteiger partial charge in [-0.05, 0) is 12.7 Å². The summed E-state index contributed by atoms with van der Waals surface area (Å²) in [4.78, 5) is 0. The summed E-state index contributed by atoms with van der Waals surface area (Å²) in [7, 11) is 0. The van der Waals surface area contributed by atoms with Crippen molar-refractivity contribution in [2.75, 3.05) is 18.6 Å². The van der Waals surface area contributed by atoms with Crippen molar-refractivity contribution in [2.45, 2.75) is 19.4 Å². The Bertz CT molecular complexity index is 117. The summed E-state index contributed by atoms with van der Waals surface area (Å²) in [6.45, 7) is 6.51. The van der Waals surface area contributed by atoms with Crippen molar-refractivity contribution in [3.8, 4) is 0 Å². The summed E-state index contributed by atoms with van der Waals surface area (Å²) in [6, 6.07) is 0.570. The van der Waals surface area contributed by atoms with Crippen molar-refractivity contribution in [3.63, 3.8) is 0 Å². The van der Waals surface area contributed by atoms with Crippen LogP contribution < -0.4 is 5.32 Å². The van der Waals surface area contributed by atoms with Crippen LogP contribution in [0.3, 0.4) is 0 Å². The molecule has 3 heteroatoms. The molecule has 11 heavy (non-hydrogen) atoms. The average molecular weight is 194 g/mol. The van der Waals surface area contributed by atoms with E-state index in [4.69, 9.17) is 11.6 Å². The summed E-state index contributed by atoms with van der Waals surface area (Å²) in [6.07, 6.45) is 3.25. The summed E-state index contributed by atoms with van der Waals surface area (Å²) >= 11 is 7.47. The molecule has 0 aliphatic carbocycles. The van der Waals surface area contributed by atoms with E-state index in [1.165, 1.54) is 0 Å². The second kappa shape index (κ2) is 7.01. The lowest BCUT2D eigenvalue weighted by molar-refractivity contribution is 0.573. The molecular weight excluding hydrogens is 178 g/mol. The van der Waals surface area contributed by atoms with Gasteiger partial charge < -0.3 is 5.32 Å². The molecule has 0 spiro atoms. The predicted octanol–water partition coefficient (Wildman–Crippen LogP) is 2.47. The minimum absolute atomic E-state index is 0.570. The largest absolute Gasteiger partial charge is 0.308 e. The predicted molar refractivity (Wildman–Crippen MR) is 55.5 cm³/mol. The minimum Gasteiger partial charge on any atom is -0.308 e. The van der Waals surface area contributed by atoms with Gasteiger partial charge in [-0.3, -0.25) is 0 Å². The zero-order valence-electron chi connectivity index (χ0n) is 7.19. The lowest BCUT2D eigenvalue weighted by atomic mass is 10.2. The molecule has 0 saturated heterocycles. The summed E-state index contributed by atoms with van der Waals surface area (Å²) in [5.41, 5.74) is 0. The molecule has 0 rings (SSSR count). The first-order valence-electron chi connectivity index (χ1n) is 3.76. The van der Waals surface area contributed by atoms with Gasteiger partial charge in [0.2, 0.25) is 0 Å². The highest BCUT2D eigenvalue weighted by Gasteiger charge is 2.03. The van der Waals surface area contributed by atoms with Crippen LogP contribution in [-0.4, -0.2) is 24.6 Å². The van der Waals surface area contributed by atoms with Gasteiger partial charge in [0, 0.05) is 23.4 Å². The molecule has 0 fully saturated rings. The van der Waals surface area contributed by atoms with E-state index in [9.17, 15) is 0 Å². The monoisotopic (exact) mass is 193 g/mol. The molecule has 0 bridgehead atoms. The van der Waals surface area contributed by atoms with Crippen molar-refractivity contribution in [1.29, 1.82) is 0 Å². The van der Waals surface area contributed by atoms with Gasteiger partial charge >= 0.3 is 0 Å². The fourth-order valence-corrected chi connectivity index (χ4v) is 1.61. The standard InChI is InChI=1S/C8H16ClNS/c1-4-8(6-11-3)10-5-7(2)9/h8,10H,2,4-6H2,1,3H3. The third kappa shape index (κ3) is 6.73. The van der Waals surface area contributed by atoms with Gasteiger partial charge in [-0.15, -0.1) is 0 Å². The minimum atomic E-state index is 0.570. The maximum atomic E-state index is 5.62. The Balaban J connectivity index is 3.43. The lowest BCUT2D eigenvalue weighted by Gasteiger charge is -2.14. The second-order valence-corrected chi connectivity index (χ2v) is 3.90. The zero-order chi connectivity index (χ0) is 8.69. The Morgan fingerprint density at radius 1 is 1.73 bits per heavy atom. The molecule has 1 N–H and O–H groups in total. The third-order valence-electron chi connectivity index (χ3n) is 1.44. The quantitative estimate of drug-likeness (QED) is 0.696. The van der Waals surface area contributed by atoms with Crippen molar-refractivity contribution in [1.82, 2.24) is 5.32 Å². The van der Waals surface area contributed by atoms with Crippen LogP contribution in [0.2, 0.25) is 0 Å². The highest BCUT2D eigenvalue weighted by atomic mass is 35.5. The van der Waals surface area contributed by atoms with Crippen LogP contribution >= 0.6 is 23.4 Å². The Morgan fingerprint density at radius 2 is 2.36 bits per heavy atom. The van der Waals surface area contributed by atoms with Crippen LogP contribution in [0.25, 0.3) is 0 Å². The second-order valence-electron chi connectivity index (χ2n) is 2.46. The van der Waals surface area contributed by atoms with E-state index in [2.05, 4.69) is 25.1 Å². The average Bonchev–Trinajstić information content (AvgIpc) is 1.97. The molecule has 0 aliphatic rings. The molecule has 1 nitrogen and oxygen atoms in total. The van der Waals surface area contributed by atoms with E-state index in [1.54, 1.807) is 0 Å². The van der Waals surface area contributed by atoms with Crippen LogP contribution in [0.4, 0.5) is 0 Å². The SMILES string of the molecule is C=C(Cl)CNC(CC)CSC. The van der Waals surface area contributed by atoms with Crippen molar-refractivity contribution < 1.29 is 0 Å². The van der Waals surface area contributed by atoms with Gasteiger partial charge in [-0.25, -0.2) is 0 Å². The highest BCUT2D eigenvalue weighted by Crippen LogP contribution is 2.02. The van der Waals surface area contributed by atoms with Gasteiger partial charge in [0.05, 0.1) is 0 Å². The molecule has 66 valence electrons. The number of nitrogens with one attached hydrogen (secondary N) is 1. The van der Waals surface area contributed by atoms with Crippen molar-refractivity contribution in [3.05, 3.63) is 11.6 Å². The molecule has 0 radical (unpaired) electrons. The van der Waals surface area contributed by atoms with Gasteiger partial charge in [0.25, 0.3) is 0 Å². The topological polar surface area (TPSA) is 12.0 Å². The van der Waals surface area contributed by atoms with E-state index < -0.39 is 0 Å². The first-order valence-corrected chi connectivity index (χ1v) is 5.53. The summed E-state index contributed by atoms with van der Waals surface area (Å²) in [5, 5.41) is 4.00. The number of thioether (sulfide) groups is 1. The van der Waals surface area contributed by atoms with Gasteiger partial charge in [-0.1, -0.05) is 25.1 Å². The fraction of sp³-hybridized carbons (Fsp3) is 0.750. The normalized spacial score (nSPS) is 13.0. The van der Waals surface area contributed by atoms with Gasteiger partial charge in [-0.2, -0.15) is 11.8 Å². The van der Waals surface area contributed by atoms with Gasteiger partial charge in [0.1, 0.15) is 0 Å². The molecule has 0 aromatic rings. The molecule has 0 heterocycles. The first kappa shape index (κ1) is 11.3. The maximum absolute atomic E-state index is 5.62. The Morgan fingerprint density at radius 3 is 2.73 bits per heavy atom. The molecule has 0 aromatic carbocycles. The van der Waals surface area contributed by atoms with E-state index in [1.807, 2.05) is 11.8 Å². The smallest absolute Gasteiger partial charge is 0.0310 e. The molecule has 0 amide bonds. The van der Waals surface area contributed by atoms with Gasteiger partial charge in [0.15, 0.2) is 0 Å². The lowest BCUT2D eigenvalue weighted by Crippen LogP contribution is -2.31. The van der Waals surface area contributed by atoms with Crippen LogP contribution in [0.15, 0.2) is 11.6 Å². The number of hydrogen-bond donors (Lipinski definition) is 1. The number of rotatable bonds is 6. The maximum Gasteiger partial charge on any atom is 0.0310 e. The van der Waals surface area contributed by atoms with Crippen molar-refractivity contribution in [2.24, 2.45) is 0 Å². The summed E-state index contributed by atoms with van der Waals surface area (Å²) < 4.78 is 0. The number of halogens is 1. The Labute approximate surface area is 78.6 Å². The Kier molecular flexibility index (Phi) is 7.23. The number of hydrogen-bond acceptors (Lipinski definition) is 2. The van der Waals surface area contributed by atoms with Crippen molar-refractivity contribution >= 4 is 23.4 Å². The third-order valence-corrected chi connectivity index (χ3v) is 2.31. The zero-order valence-corrected chi connectivity index (χ0v) is 8.76. The van der Waals surface area contributed by atoms with Crippen LogP contribution in [0.1, 0.15) is 13.3 Å². The van der Waals surface area contributed by atoms with E-state index in [0.717, 1.165) is 18.7 Å². The van der Waals surface area contributed by atoms with E-state index in [-0.39, 0.29) is 0 Å². The van der Waals surface area contributed by atoms with Crippen LogP contribution in [0, 0.1) is 0 Å². The highest BCUT2D eigenvalue weighted by molar-refractivity contribution is 7.98. The Hall–Kier alpha value is 0.340. The van der Waals surface area contributed by atoms with Crippen LogP contribution in [0.5, 0.6) is 0 Å². The first-order chi connectivity index (χ1) is 5.20. The van der Waals surface area contributed by atoms with E-state index >= 15 is 0 Å². The van der Waals surface area contributed by atoms with Crippen LogP contribution in [-0.2, 0) is 0 Å². The fourth-order valence-electron chi connectivity index (χ4n) is 0.777. The molecule has 1 atom stereocenters. The molecule has 1 unspecified atom stereocenters. The molecule has 0 aromatic heterocycles. The molecule has 0 aliphatic heterocycles. The summed E-state index contributed by atoms with van der Waals surface area (Å²) in [5.74, 6) is 1.14. The van der Waals surface area contributed by atoms with E-state index in [0.29, 0.717) is 11.1 Å².